The number of thiazole rings is 1. The highest BCUT2D eigenvalue weighted by atomic mass is 35.5. The molecule has 6 rings (SSSR count). The maximum Gasteiger partial charge on any atom is 0.319 e. The van der Waals surface area contributed by atoms with Crippen molar-refractivity contribution in [2.75, 3.05) is 43.9 Å². The van der Waals surface area contributed by atoms with Crippen LogP contribution in [0.5, 0.6) is 6.01 Å². The zero-order valence-corrected chi connectivity index (χ0v) is 24.7. The fourth-order valence-electron chi connectivity index (χ4n) is 6.31. The van der Waals surface area contributed by atoms with Crippen LogP contribution in [0.25, 0.3) is 32.2 Å². The van der Waals surface area contributed by atoms with Crippen LogP contribution in [0.4, 0.5) is 15.3 Å². The molecule has 1 unspecified atom stereocenters. The van der Waals surface area contributed by atoms with Crippen molar-refractivity contribution in [2.45, 2.75) is 57.9 Å². The van der Waals surface area contributed by atoms with Crippen molar-refractivity contribution in [2.24, 2.45) is 5.92 Å². The molecule has 2 saturated heterocycles. The Bertz CT molecular complexity index is 1530. The molecule has 4 heterocycles. The summed E-state index contributed by atoms with van der Waals surface area (Å²) >= 11 is 8.22. The standard InChI is InChI=1S/C30H36ClFN6OS/c1-3-7-18-8-5-14-38(15-12-18)28-21-16-22(31)24(20-10-4-11-23-26(20)34-29(33)40-23)25(32)27(21)35-30(36-28)39-17-19-9-6-13-37(19)2/h4,10-11,16,18-19H,3,5-9,12-15,17H2,1-2H3,(H2,33,34)/t18?,19-/m0/s1. The van der Waals surface area contributed by atoms with Crippen molar-refractivity contribution >= 4 is 55.0 Å². The quantitative estimate of drug-likeness (QED) is 0.247. The van der Waals surface area contributed by atoms with Crippen molar-refractivity contribution < 1.29 is 9.13 Å². The largest absolute Gasteiger partial charge is 0.462 e. The Hall–Kier alpha value is -2.75. The summed E-state index contributed by atoms with van der Waals surface area (Å²) in [5.74, 6) is 0.904. The predicted molar refractivity (Wildman–Crippen MR) is 163 cm³/mol. The van der Waals surface area contributed by atoms with Gasteiger partial charge in [-0.15, -0.1) is 0 Å². The second-order valence-corrected chi connectivity index (χ2v) is 12.6. The normalized spacial score (nSPS) is 20.4. The Labute approximate surface area is 243 Å². The Morgan fingerprint density at radius 3 is 2.75 bits per heavy atom. The van der Waals surface area contributed by atoms with Gasteiger partial charge in [-0.3, -0.25) is 0 Å². The molecule has 2 atom stereocenters. The number of hydrogen-bond donors (Lipinski definition) is 1. The number of halogens is 2. The van der Waals surface area contributed by atoms with E-state index in [-0.39, 0.29) is 17.1 Å². The third-order valence-corrected chi connectivity index (χ3v) is 9.62. The van der Waals surface area contributed by atoms with Gasteiger partial charge in [0.25, 0.3) is 0 Å². The number of nitrogens with zero attached hydrogens (tertiary/aromatic N) is 5. The fourth-order valence-corrected chi connectivity index (χ4v) is 7.37. The summed E-state index contributed by atoms with van der Waals surface area (Å²) < 4.78 is 23.7. The minimum atomic E-state index is -0.494. The molecule has 10 heteroatoms. The van der Waals surface area contributed by atoms with Crippen LogP contribution in [0.2, 0.25) is 5.02 Å². The van der Waals surface area contributed by atoms with Gasteiger partial charge in [-0.1, -0.05) is 54.8 Å². The number of likely N-dealkylation sites (N-methyl/N-ethyl adjacent to an activating group) is 1. The molecule has 2 aromatic heterocycles. The molecule has 0 radical (unpaired) electrons. The lowest BCUT2D eigenvalue weighted by atomic mass is 9.96. The average Bonchev–Trinajstić information content (AvgIpc) is 3.45. The number of ether oxygens (including phenoxy) is 1. The lowest BCUT2D eigenvalue weighted by molar-refractivity contribution is 0.188. The first-order valence-corrected chi connectivity index (χ1v) is 15.6. The zero-order chi connectivity index (χ0) is 27.8. The number of nitrogen functional groups attached to an aromatic ring is 1. The molecule has 2 aliphatic heterocycles. The molecule has 2 N–H and O–H groups in total. The summed E-state index contributed by atoms with van der Waals surface area (Å²) in [5.41, 5.74) is 7.72. The molecule has 7 nitrogen and oxygen atoms in total. The molecular formula is C30H36ClFN6OS. The molecule has 0 saturated carbocycles. The summed E-state index contributed by atoms with van der Waals surface area (Å²) in [6.07, 6.45) is 7.99. The number of hydrogen-bond acceptors (Lipinski definition) is 8. The van der Waals surface area contributed by atoms with Crippen LogP contribution in [0, 0.1) is 11.7 Å². The molecule has 0 spiro atoms. The number of anilines is 2. The van der Waals surface area contributed by atoms with Gasteiger partial charge in [0.05, 0.1) is 15.2 Å². The van der Waals surface area contributed by atoms with Gasteiger partial charge >= 0.3 is 6.01 Å². The Morgan fingerprint density at radius 2 is 1.95 bits per heavy atom. The topological polar surface area (TPSA) is 80.4 Å². The minimum absolute atomic E-state index is 0.209. The molecule has 2 fully saturated rings. The third-order valence-electron chi connectivity index (χ3n) is 8.47. The highest BCUT2D eigenvalue weighted by Gasteiger charge is 2.27. The van der Waals surface area contributed by atoms with Gasteiger partial charge in [-0.25, -0.2) is 9.37 Å². The number of likely N-dealkylation sites (tertiary alicyclic amines) is 1. The van der Waals surface area contributed by atoms with Crippen molar-refractivity contribution in [1.29, 1.82) is 0 Å². The van der Waals surface area contributed by atoms with Crippen LogP contribution in [0.1, 0.15) is 51.9 Å². The summed E-state index contributed by atoms with van der Waals surface area (Å²) in [6, 6.07) is 7.95. The van der Waals surface area contributed by atoms with Crippen LogP contribution in [-0.4, -0.2) is 59.2 Å². The zero-order valence-electron chi connectivity index (χ0n) is 23.1. The molecule has 2 aliphatic rings. The van der Waals surface area contributed by atoms with Gasteiger partial charge in [0.15, 0.2) is 10.9 Å². The molecule has 0 amide bonds. The van der Waals surface area contributed by atoms with E-state index in [9.17, 15) is 0 Å². The molecule has 4 aromatic rings. The predicted octanol–water partition coefficient (Wildman–Crippen LogP) is 7.16. The molecule has 0 bridgehead atoms. The maximum absolute atomic E-state index is 16.6. The second kappa shape index (κ2) is 11.6. The van der Waals surface area contributed by atoms with E-state index < -0.39 is 5.82 Å². The summed E-state index contributed by atoms with van der Waals surface area (Å²) in [4.78, 5) is 18.6. The van der Waals surface area contributed by atoms with Crippen LogP contribution in [-0.2, 0) is 0 Å². The van der Waals surface area contributed by atoms with E-state index in [0.29, 0.717) is 51.0 Å². The van der Waals surface area contributed by atoms with E-state index in [0.717, 1.165) is 50.0 Å². The van der Waals surface area contributed by atoms with E-state index in [4.69, 9.17) is 27.1 Å². The third kappa shape index (κ3) is 5.31. The van der Waals surface area contributed by atoms with E-state index in [2.05, 4.69) is 33.7 Å². The smallest absolute Gasteiger partial charge is 0.319 e. The van der Waals surface area contributed by atoms with Gasteiger partial charge in [-0.2, -0.15) is 9.97 Å². The van der Waals surface area contributed by atoms with Crippen LogP contribution < -0.4 is 15.4 Å². The Morgan fingerprint density at radius 1 is 1.10 bits per heavy atom. The van der Waals surface area contributed by atoms with Crippen molar-refractivity contribution in [3.8, 4) is 17.1 Å². The number of para-hydroxylation sites is 1. The summed E-state index contributed by atoms with van der Waals surface area (Å²) in [6.45, 7) is 5.48. The molecule has 40 heavy (non-hydrogen) atoms. The highest BCUT2D eigenvalue weighted by molar-refractivity contribution is 7.22. The molecule has 0 aliphatic carbocycles. The van der Waals surface area contributed by atoms with Gasteiger partial charge in [0.2, 0.25) is 0 Å². The van der Waals surface area contributed by atoms with Gasteiger partial charge in [0.1, 0.15) is 17.9 Å². The molecular weight excluding hydrogens is 547 g/mol. The number of fused-ring (bicyclic) bond motifs is 2. The second-order valence-electron chi connectivity index (χ2n) is 11.1. The maximum atomic E-state index is 16.6. The number of rotatable bonds is 7. The molecule has 212 valence electrons. The fraction of sp³-hybridized carbons (Fsp3) is 0.500. The van der Waals surface area contributed by atoms with E-state index >= 15 is 4.39 Å². The minimum Gasteiger partial charge on any atom is -0.462 e. The summed E-state index contributed by atoms with van der Waals surface area (Å²) in [7, 11) is 2.11. The van der Waals surface area contributed by atoms with E-state index in [1.165, 1.54) is 30.6 Å². The number of benzene rings is 2. The van der Waals surface area contributed by atoms with E-state index in [1.54, 1.807) is 0 Å². The monoisotopic (exact) mass is 582 g/mol. The van der Waals surface area contributed by atoms with Crippen molar-refractivity contribution in [3.63, 3.8) is 0 Å². The first kappa shape index (κ1) is 27.4. The Kier molecular flexibility index (Phi) is 7.97. The van der Waals surface area contributed by atoms with Gasteiger partial charge in [0, 0.05) is 35.6 Å². The van der Waals surface area contributed by atoms with Crippen molar-refractivity contribution in [1.82, 2.24) is 19.9 Å². The van der Waals surface area contributed by atoms with E-state index in [1.807, 2.05) is 24.3 Å². The lowest BCUT2D eigenvalue weighted by Crippen LogP contribution is -2.31. The summed E-state index contributed by atoms with van der Waals surface area (Å²) in [5, 5.41) is 1.34. The SMILES string of the molecule is CCCC1CCCN(c2nc(OC[C@@H]3CCCN3C)nc3c(F)c(-c4cccc5sc(N)nc45)c(Cl)cc23)CC1. The number of nitrogens with two attached hydrogens (primary N) is 1. The first-order chi connectivity index (χ1) is 19.4. The molecule has 2 aromatic carbocycles. The Balaban J connectivity index is 1.46. The lowest BCUT2D eigenvalue weighted by Gasteiger charge is -2.25. The van der Waals surface area contributed by atoms with Crippen LogP contribution in [0.15, 0.2) is 24.3 Å². The highest BCUT2D eigenvalue weighted by Crippen LogP contribution is 2.42. The van der Waals surface area contributed by atoms with Gasteiger partial charge < -0.3 is 20.3 Å². The van der Waals surface area contributed by atoms with Crippen LogP contribution >= 0.6 is 22.9 Å². The van der Waals surface area contributed by atoms with Crippen molar-refractivity contribution in [3.05, 3.63) is 35.1 Å². The average molecular weight is 583 g/mol. The van der Waals surface area contributed by atoms with Crippen LogP contribution in [0.3, 0.4) is 0 Å². The number of aromatic nitrogens is 3. The van der Waals surface area contributed by atoms with Gasteiger partial charge in [-0.05, 0) is 63.7 Å². The first-order valence-electron chi connectivity index (χ1n) is 14.4.